The molecule has 1 saturated heterocycles. The van der Waals surface area contributed by atoms with Crippen LogP contribution < -0.4 is 11.4 Å². The molecule has 32 heavy (non-hydrogen) atoms. The van der Waals surface area contributed by atoms with E-state index in [9.17, 15) is 33.6 Å². The monoisotopic (exact) mass is 547 g/mol. The molecule has 0 bridgehead atoms. The first kappa shape index (κ1) is 35.1. The van der Waals surface area contributed by atoms with E-state index in [0.29, 0.717) is 0 Å². The van der Waals surface area contributed by atoms with Crippen molar-refractivity contribution in [1.82, 2.24) is 9.55 Å². The third-order valence-corrected chi connectivity index (χ3v) is 7.08. The van der Waals surface area contributed by atoms with Gasteiger partial charge in [0, 0.05) is 65.3 Å². The Morgan fingerprint density at radius 2 is 1.62 bits per heavy atom. The Labute approximate surface area is 223 Å². The summed E-state index contributed by atoms with van der Waals surface area (Å²) < 4.78 is 50.8. The molecule has 1 aromatic heterocycles. The first-order chi connectivity index (χ1) is 13.1. The number of phosphoric acid groups is 3. The van der Waals surface area contributed by atoms with Crippen molar-refractivity contribution in [1.29, 1.82) is 0 Å². The number of phosphoric ester groups is 1. The number of nitrogen functional groups attached to an aromatic ring is 1. The molecule has 2 unspecified atom stereocenters. The molecular formula is C9H18N3Na2O15P3. The maximum atomic E-state index is 11.8. The molecule has 1 fully saturated rings. The van der Waals surface area contributed by atoms with Gasteiger partial charge < -0.3 is 45.7 Å². The van der Waals surface area contributed by atoms with Gasteiger partial charge in [-0.3, -0.25) is 9.09 Å². The number of rotatable bonds is 8. The summed E-state index contributed by atoms with van der Waals surface area (Å²) in [5, 5.41) is 20.0. The molecule has 1 aliphatic heterocycles. The Kier molecular flexibility index (Phi) is 14.6. The van der Waals surface area contributed by atoms with Crippen LogP contribution in [0.5, 0.6) is 0 Å². The molecule has 23 heteroatoms. The first-order valence-corrected chi connectivity index (χ1v) is 11.8. The Morgan fingerprint density at radius 1 is 1.06 bits per heavy atom. The summed E-state index contributed by atoms with van der Waals surface area (Å²) in [7, 11) is -16.7. The Bertz CT molecular complexity index is 958. The molecule has 1 aliphatic rings. The van der Waals surface area contributed by atoms with Crippen molar-refractivity contribution in [2.75, 3.05) is 12.3 Å². The van der Waals surface area contributed by atoms with Crippen LogP contribution in [0.25, 0.3) is 0 Å². The van der Waals surface area contributed by atoms with Crippen LogP contribution in [0.1, 0.15) is 6.23 Å². The summed E-state index contributed by atoms with van der Waals surface area (Å²) >= 11 is 0. The molecule has 176 valence electrons. The molecule has 18 nitrogen and oxygen atoms in total. The van der Waals surface area contributed by atoms with E-state index < -0.39 is 60.3 Å². The summed E-state index contributed by atoms with van der Waals surface area (Å²) in [6.45, 7) is -1.02. The van der Waals surface area contributed by atoms with Crippen molar-refractivity contribution in [3.63, 3.8) is 0 Å². The summed E-state index contributed by atoms with van der Waals surface area (Å²) in [6.07, 6.45) is -5.38. The number of aliphatic hydroxyl groups is 2. The van der Waals surface area contributed by atoms with E-state index in [1.807, 2.05) is 0 Å². The average molecular weight is 547 g/mol. The van der Waals surface area contributed by atoms with E-state index in [1.54, 1.807) is 0 Å². The van der Waals surface area contributed by atoms with Gasteiger partial charge in [0.25, 0.3) is 0 Å². The van der Waals surface area contributed by atoms with Crippen LogP contribution in [0.15, 0.2) is 17.1 Å². The van der Waals surface area contributed by atoms with Crippen LogP contribution in [-0.2, 0) is 31.6 Å². The molecule has 2 heterocycles. The number of aromatic nitrogens is 2. The average Bonchev–Trinajstić information content (AvgIpc) is 2.78. The number of nitrogens with zero attached hydrogens (tertiary/aromatic N) is 2. The van der Waals surface area contributed by atoms with Crippen LogP contribution in [0.3, 0.4) is 0 Å². The molecule has 0 spiro atoms. The minimum absolute atomic E-state index is 0. The van der Waals surface area contributed by atoms with E-state index in [0.717, 1.165) is 10.8 Å². The minimum Gasteiger partial charge on any atom is -0.412 e. The van der Waals surface area contributed by atoms with Gasteiger partial charge in [-0.05, 0) is 6.07 Å². The number of aliphatic hydroxyl groups excluding tert-OH is 2. The fourth-order valence-corrected chi connectivity index (χ4v) is 5.22. The summed E-state index contributed by atoms with van der Waals surface area (Å²) in [6, 6.07) is 1.20. The summed E-state index contributed by atoms with van der Waals surface area (Å²) in [5.41, 5.74) is 4.39. The predicted octanol–water partition coefficient (Wildman–Crippen LogP) is -3.80. The first-order valence-electron chi connectivity index (χ1n) is 7.25. The molecule has 2 radical (unpaired) electrons. The molecular weight excluding hydrogens is 529 g/mol. The van der Waals surface area contributed by atoms with Gasteiger partial charge >= 0.3 is 29.2 Å². The smallest absolute Gasteiger partial charge is 0.412 e. The van der Waals surface area contributed by atoms with Gasteiger partial charge in [-0.25, -0.2) is 18.5 Å². The van der Waals surface area contributed by atoms with E-state index in [-0.39, 0.29) is 70.4 Å². The fourth-order valence-electron chi connectivity index (χ4n) is 2.19. The van der Waals surface area contributed by atoms with Crippen molar-refractivity contribution in [3.8, 4) is 0 Å². The third-order valence-electron chi connectivity index (χ3n) is 3.28. The van der Waals surface area contributed by atoms with E-state index >= 15 is 0 Å². The van der Waals surface area contributed by atoms with Gasteiger partial charge in [0.05, 0.1) is 6.61 Å². The largest absolute Gasteiger partial charge is 0.490 e. The maximum absolute atomic E-state index is 11.8. The van der Waals surface area contributed by atoms with E-state index in [4.69, 9.17) is 25.2 Å². The number of nitrogens with two attached hydrogens (primary N) is 1. The Balaban J connectivity index is 0. The molecule has 1 aromatic rings. The molecule has 10 N–H and O–H groups in total. The third kappa shape index (κ3) is 10.3. The second-order valence-corrected chi connectivity index (χ2v) is 9.90. The minimum atomic E-state index is -5.71. The van der Waals surface area contributed by atoms with Gasteiger partial charge in [0.1, 0.15) is 24.1 Å². The molecule has 2 rings (SSSR count). The second-order valence-electron chi connectivity index (χ2n) is 5.48. The van der Waals surface area contributed by atoms with Crippen molar-refractivity contribution in [3.05, 3.63) is 22.7 Å². The fraction of sp³-hybridized carbons (Fsp3) is 0.556. The quantitative estimate of drug-likeness (QED) is 0.121. The molecule has 0 saturated carbocycles. The second kappa shape index (κ2) is 13.3. The predicted molar refractivity (Wildman–Crippen MR) is 104 cm³/mol. The summed E-state index contributed by atoms with van der Waals surface area (Å²) in [4.78, 5) is 50.5. The van der Waals surface area contributed by atoms with Gasteiger partial charge in [0.2, 0.25) is 0 Å². The van der Waals surface area contributed by atoms with Crippen LogP contribution in [0.4, 0.5) is 5.82 Å². The molecule has 0 aromatic carbocycles. The van der Waals surface area contributed by atoms with E-state index in [1.165, 1.54) is 6.07 Å². The SMILES string of the molecule is Nc1ccn([C@@H]2O[C@H](COP(=O)(O)OP(=O)(O)OP(=O)(O)O)[C@@H](O)[C@H]2O)c(=O)n1.O.[Na].[Na]. The van der Waals surface area contributed by atoms with Crippen LogP contribution >= 0.6 is 23.5 Å². The van der Waals surface area contributed by atoms with Gasteiger partial charge in [0.15, 0.2) is 6.23 Å². The van der Waals surface area contributed by atoms with Crippen molar-refractivity contribution in [2.24, 2.45) is 0 Å². The van der Waals surface area contributed by atoms with Crippen molar-refractivity contribution >= 4 is 88.4 Å². The van der Waals surface area contributed by atoms with Crippen LogP contribution in [0.2, 0.25) is 0 Å². The van der Waals surface area contributed by atoms with Crippen LogP contribution in [0, 0.1) is 0 Å². The Hall–Kier alpha value is 0.930. The Morgan fingerprint density at radius 3 is 2.12 bits per heavy atom. The maximum Gasteiger partial charge on any atom is 0.490 e. The number of anilines is 1. The topological polar surface area (TPSA) is 302 Å². The summed E-state index contributed by atoms with van der Waals surface area (Å²) in [5.74, 6) is -0.122. The van der Waals surface area contributed by atoms with Crippen LogP contribution in [-0.4, -0.2) is 129 Å². The standard InChI is InChI=1S/C9H16N3O14P3.2Na.H2O/c10-5-1-2-12(9(15)11-5)8-7(14)6(13)4(24-8)3-23-28(19,20)26-29(21,22)25-27(16,17)18;;;/h1-2,4,6-8,13-14H,3H2,(H,19,20)(H,21,22)(H2,10,11,15)(H2,16,17,18);;;1H2/t4-,6-,7-,8-;;;/m1.../s1. The van der Waals surface area contributed by atoms with Gasteiger partial charge in [-0.15, -0.1) is 0 Å². The molecule has 6 atom stereocenters. The van der Waals surface area contributed by atoms with Crippen molar-refractivity contribution < 1.29 is 66.8 Å². The zero-order valence-corrected chi connectivity index (χ0v) is 23.1. The number of ether oxygens (including phenoxy) is 1. The van der Waals surface area contributed by atoms with E-state index in [2.05, 4.69) is 18.1 Å². The zero-order chi connectivity index (χ0) is 22.2. The van der Waals surface area contributed by atoms with Gasteiger partial charge in [-0.1, -0.05) is 0 Å². The number of hydrogen-bond acceptors (Lipinski definition) is 12. The van der Waals surface area contributed by atoms with Gasteiger partial charge in [-0.2, -0.15) is 13.6 Å². The number of hydrogen-bond donors (Lipinski definition) is 7. The normalized spacial score (nSPS) is 26.6. The molecule has 0 aliphatic carbocycles. The zero-order valence-electron chi connectivity index (χ0n) is 16.4. The van der Waals surface area contributed by atoms with Crippen molar-refractivity contribution in [2.45, 2.75) is 24.5 Å². The molecule has 0 amide bonds.